The second kappa shape index (κ2) is 7.17. The van der Waals surface area contributed by atoms with Gasteiger partial charge in [0.25, 0.3) is 5.91 Å². The summed E-state index contributed by atoms with van der Waals surface area (Å²) in [6.07, 6.45) is 0. The predicted octanol–water partition coefficient (Wildman–Crippen LogP) is 2.25. The Labute approximate surface area is 133 Å². The van der Waals surface area contributed by atoms with E-state index >= 15 is 0 Å². The first-order chi connectivity index (χ1) is 11.0. The van der Waals surface area contributed by atoms with Crippen LogP contribution >= 0.6 is 0 Å². The Balaban J connectivity index is 2.11. The fourth-order valence-corrected chi connectivity index (χ4v) is 1.93. The molecule has 0 radical (unpaired) electrons. The molecule has 0 unspecified atom stereocenters. The van der Waals surface area contributed by atoms with Crippen LogP contribution in [-0.4, -0.2) is 26.2 Å². The van der Waals surface area contributed by atoms with Crippen LogP contribution in [0.4, 0.5) is 16.2 Å². The lowest BCUT2D eigenvalue weighted by atomic mass is 10.2. The highest BCUT2D eigenvalue weighted by Gasteiger charge is 2.15. The van der Waals surface area contributed by atoms with Gasteiger partial charge in [-0.2, -0.15) is 0 Å². The molecule has 0 bridgehead atoms. The van der Waals surface area contributed by atoms with E-state index in [1.54, 1.807) is 30.3 Å². The van der Waals surface area contributed by atoms with Crippen LogP contribution in [-0.2, 0) is 0 Å². The molecule has 0 aromatic heterocycles. The van der Waals surface area contributed by atoms with Crippen LogP contribution in [0.1, 0.15) is 10.4 Å². The highest BCUT2D eigenvalue weighted by atomic mass is 16.5. The third-order valence-electron chi connectivity index (χ3n) is 3.07. The Bertz CT molecular complexity index is 692. The summed E-state index contributed by atoms with van der Waals surface area (Å²) in [5.74, 6) is 0.287. The lowest BCUT2D eigenvalue weighted by molar-refractivity contribution is 0.0967. The van der Waals surface area contributed by atoms with Gasteiger partial charge < -0.3 is 20.5 Å². The molecule has 7 nitrogen and oxygen atoms in total. The molecule has 7 heteroatoms. The van der Waals surface area contributed by atoms with E-state index in [1.807, 2.05) is 0 Å². The molecule has 4 N–H and O–H groups in total. The SMILES string of the molecule is COc1cccc(OC)c1NC(=O)NC(=O)c1ccc(N)cc1. The Morgan fingerprint density at radius 1 is 0.957 bits per heavy atom. The summed E-state index contributed by atoms with van der Waals surface area (Å²) in [7, 11) is 2.94. The maximum atomic E-state index is 12.0. The molecular formula is C16H17N3O4. The smallest absolute Gasteiger partial charge is 0.326 e. The van der Waals surface area contributed by atoms with Gasteiger partial charge in [-0.15, -0.1) is 0 Å². The van der Waals surface area contributed by atoms with Gasteiger partial charge in [0.2, 0.25) is 0 Å². The summed E-state index contributed by atoms with van der Waals surface area (Å²) in [5.41, 5.74) is 6.74. The summed E-state index contributed by atoms with van der Waals surface area (Å²) in [6, 6.07) is 10.6. The number of benzene rings is 2. The van der Waals surface area contributed by atoms with Gasteiger partial charge in [0, 0.05) is 11.3 Å². The topological polar surface area (TPSA) is 103 Å². The first-order valence-electron chi connectivity index (χ1n) is 6.74. The van der Waals surface area contributed by atoms with Crippen LogP contribution < -0.4 is 25.8 Å². The second-order valence-electron chi connectivity index (χ2n) is 4.57. The Morgan fingerprint density at radius 3 is 2.04 bits per heavy atom. The van der Waals surface area contributed by atoms with Gasteiger partial charge in [-0.25, -0.2) is 4.79 Å². The number of nitrogen functional groups attached to an aromatic ring is 1. The van der Waals surface area contributed by atoms with Crippen molar-refractivity contribution in [2.45, 2.75) is 0 Å². The summed E-state index contributed by atoms with van der Waals surface area (Å²) in [5, 5.41) is 4.77. The van der Waals surface area contributed by atoms with Crippen LogP contribution in [0.2, 0.25) is 0 Å². The number of nitrogens with two attached hydrogens (primary N) is 1. The molecular weight excluding hydrogens is 298 g/mol. The molecule has 3 amide bonds. The molecule has 0 saturated carbocycles. The minimum atomic E-state index is -0.699. The van der Waals surface area contributed by atoms with Gasteiger partial charge in [-0.1, -0.05) is 6.07 Å². The summed E-state index contributed by atoms with van der Waals surface area (Å²) in [6.45, 7) is 0. The second-order valence-corrected chi connectivity index (χ2v) is 4.57. The standard InChI is InChI=1S/C16H17N3O4/c1-22-12-4-3-5-13(23-2)14(12)18-16(21)19-15(20)10-6-8-11(17)9-7-10/h3-9H,17H2,1-2H3,(H2,18,19,20,21). The van der Waals surface area contributed by atoms with Crippen LogP contribution in [0.3, 0.4) is 0 Å². The van der Waals surface area contributed by atoms with Crippen molar-refractivity contribution < 1.29 is 19.1 Å². The van der Waals surface area contributed by atoms with E-state index in [1.165, 1.54) is 26.4 Å². The van der Waals surface area contributed by atoms with Crippen molar-refractivity contribution in [3.8, 4) is 11.5 Å². The summed E-state index contributed by atoms with van der Waals surface area (Å²) < 4.78 is 10.3. The Kier molecular flexibility index (Phi) is 5.03. The molecule has 0 fully saturated rings. The number of hydrogen-bond donors (Lipinski definition) is 3. The lowest BCUT2D eigenvalue weighted by Crippen LogP contribution is -2.34. The number of hydrogen-bond acceptors (Lipinski definition) is 5. The van der Waals surface area contributed by atoms with Gasteiger partial charge >= 0.3 is 6.03 Å². The van der Waals surface area contributed by atoms with Crippen molar-refractivity contribution in [1.82, 2.24) is 5.32 Å². The van der Waals surface area contributed by atoms with Crippen molar-refractivity contribution >= 4 is 23.3 Å². The molecule has 0 aliphatic rings. The first-order valence-corrected chi connectivity index (χ1v) is 6.74. The number of carbonyl (C=O) groups excluding carboxylic acids is 2. The maximum Gasteiger partial charge on any atom is 0.326 e. The molecule has 0 aliphatic heterocycles. The molecule has 0 saturated heterocycles. The molecule has 0 atom stereocenters. The lowest BCUT2D eigenvalue weighted by Gasteiger charge is -2.14. The number of para-hydroxylation sites is 1. The fraction of sp³-hybridized carbons (Fsp3) is 0.125. The molecule has 2 rings (SSSR count). The number of nitrogens with one attached hydrogen (secondary N) is 2. The van der Waals surface area contributed by atoms with E-state index in [2.05, 4.69) is 10.6 Å². The minimum Gasteiger partial charge on any atom is -0.494 e. The van der Waals surface area contributed by atoms with Crippen molar-refractivity contribution in [1.29, 1.82) is 0 Å². The van der Waals surface area contributed by atoms with Crippen molar-refractivity contribution in [2.75, 3.05) is 25.3 Å². The van der Waals surface area contributed by atoms with Crippen LogP contribution in [0, 0.1) is 0 Å². The number of rotatable bonds is 4. The first kappa shape index (κ1) is 16.2. The zero-order valence-electron chi connectivity index (χ0n) is 12.8. The van der Waals surface area contributed by atoms with Gasteiger partial charge in [-0.3, -0.25) is 10.1 Å². The fourth-order valence-electron chi connectivity index (χ4n) is 1.93. The minimum absolute atomic E-state index is 0.321. The molecule has 0 spiro atoms. The van der Waals surface area contributed by atoms with E-state index in [4.69, 9.17) is 15.2 Å². The molecule has 2 aromatic carbocycles. The normalized spacial score (nSPS) is 9.83. The average Bonchev–Trinajstić information content (AvgIpc) is 2.55. The van der Waals surface area contributed by atoms with Crippen LogP contribution in [0.25, 0.3) is 0 Å². The third-order valence-corrected chi connectivity index (χ3v) is 3.07. The number of urea groups is 1. The third kappa shape index (κ3) is 3.91. The van der Waals surface area contributed by atoms with E-state index in [0.29, 0.717) is 28.4 Å². The Hall–Kier alpha value is -3.22. The molecule has 120 valence electrons. The van der Waals surface area contributed by atoms with Gasteiger partial charge in [-0.05, 0) is 36.4 Å². The quantitative estimate of drug-likeness (QED) is 0.751. The number of carbonyl (C=O) groups is 2. The van der Waals surface area contributed by atoms with Gasteiger partial charge in [0.05, 0.1) is 14.2 Å². The average molecular weight is 315 g/mol. The number of methoxy groups -OCH3 is 2. The Morgan fingerprint density at radius 2 is 1.52 bits per heavy atom. The van der Waals surface area contributed by atoms with E-state index in [-0.39, 0.29) is 0 Å². The van der Waals surface area contributed by atoms with E-state index in [9.17, 15) is 9.59 Å². The molecule has 23 heavy (non-hydrogen) atoms. The monoisotopic (exact) mass is 315 g/mol. The van der Waals surface area contributed by atoms with Gasteiger partial charge in [0.1, 0.15) is 17.2 Å². The zero-order valence-corrected chi connectivity index (χ0v) is 12.8. The number of anilines is 2. The maximum absolute atomic E-state index is 12.0. The summed E-state index contributed by atoms with van der Waals surface area (Å²) >= 11 is 0. The van der Waals surface area contributed by atoms with Crippen molar-refractivity contribution in [3.63, 3.8) is 0 Å². The van der Waals surface area contributed by atoms with Crippen LogP contribution in [0.5, 0.6) is 11.5 Å². The number of ether oxygens (including phenoxy) is 2. The molecule has 2 aromatic rings. The zero-order chi connectivity index (χ0) is 16.8. The van der Waals surface area contributed by atoms with E-state index < -0.39 is 11.9 Å². The molecule has 0 aliphatic carbocycles. The van der Waals surface area contributed by atoms with Crippen molar-refractivity contribution in [3.05, 3.63) is 48.0 Å². The van der Waals surface area contributed by atoms with E-state index in [0.717, 1.165) is 0 Å². The van der Waals surface area contributed by atoms with Gasteiger partial charge in [0.15, 0.2) is 0 Å². The summed E-state index contributed by atoms with van der Waals surface area (Å²) in [4.78, 5) is 24.0. The largest absolute Gasteiger partial charge is 0.494 e. The van der Waals surface area contributed by atoms with Crippen LogP contribution in [0.15, 0.2) is 42.5 Å². The predicted molar refractivity (Wildman–Crippen MR) is 86.9 cm³/mol. The van der Waals surface area contributed by atoms with Crippen molar-refractivity contribution in [2.24, 2.45) is 0 Å². The highest BCUT2D eigenvalue weighted by molar-refractivity contribution is 6.08. The number of amides is 3. The highest BCUT2D eigenvalue weighted by Crippen LogP contribution is 2.33. The number of imide groups is 1. The molecule has 0 heterocycles.